The number of halogens is 6. The average molecular weight is 746 g/mol. The summed E-state index contributed by atoms with van der Waals surface area (Å²) >= 11 is 13.3. The highest BCUT2D eigenvalue weighted by Gasteiger charge is 2.47. The summed E-state index contributed by atoms with van der Waals surface area (Å²) in [4.78, 5) is 27.0. The van der Waals surface area contributed by atoms with Gasteiger partial charge in [0.1, 0.15) is 11.9 Å². The van der Waals surface area contributed by atoms with Crippen LogP contribution >= 0.6 is 35.1 Å². The monoisotopic (exact) mass is 744 g/mol. The van der Waals surface area contributed by atoms with Gasteiger partial charge in [-0.25, -0.2) is 4.39 Å². The molecule has 1 aliphatic heterocycles. The Morgan fingerprint density at radius 1 is 0.959 bits per heavy atom. The number of alkyl halides is 3. The number of benzene rings is 3. The Balaban J connectivity index is 0.000000391. The summed E-state index contributed by atoms with van der Waals surface area (Å²) in [6.07, 6.45) is -1.27. The smallest absolute Gasteiger partial charge is 0.386 e. The van der Waals surface area contributed by atoms with Crippen molar-refractivity contribution in [3.8, 4) is 0 Å². The number of carboxylic acid groups (broad SMARTS) is 1. The van der Waals surface area contributed by atoms with E-state index in [-0.39, 0.29) is 49.7 Å². The first-order valence-electron chi connectivity index (χ1n) is 16.2. The third kappa shape index (κ3) is 14.0. The Bertz CT molecular complexity index is 1460. The summed E-state index contributed by atoms with van der Waals surface area (Å²) < 4.78 is 53.7. The quantitative estimate of drug-likeness (QED) is 0.165. The molecule has 6 rings (SSSR count). The number of carbonyl (C=O) groups excluding carboxylic acids is 1. The molecule has 0 spiro atoms. The molecule has 1 N–H and O–H groups in total. The van der Waals surface area contributed by atoms with Crippen LogP contribution in [0.15, 0.2) is 78.9 Å². The number of hydrogen-bond acceptors (Lipinski definition) is 5. The predicted molar refractivity (Wildman–Crippen MR) is 188 cm³/mol. The maximum Gasteiger partial charge on any atom is 0.386 e. The van der Waals surface area contributed by atoms with Crippen molar-refractivity contribution in [3.63, 3.8) is 0 Å². The van der Waals surface area contributed by atoms with Crippen molar-refractivity contribution in [2.24, 2.45) is 5.92 Å². The van der Waals surface area contributed by atoms with Gasteiger partial charge in [0, 0.05) is 22.2 Å². The Morgan fingerprint density at radius 2 is 1.51 bits per heavy atom. The molecule has 268 valence electrons. The van der Waals surface area contributed by atoms with Gasteiger partial charge in [0.25, 0.3) is 5.91 Å². The number of aliphatic carboxylic acids is 1. The summed E-state index contributed by atoms with van der Waals surface area (Å²) in [5.74, 6) is -1.41. The van der Waals surface area contributed by atoms with Crippen molar-refractivity contribution < 1.29 is 37.0 Å². The summed E-state index contributed by atoms with van der Waals surface area (Å²) in [5.41, 5.74) is 1.40. The Hall–Kier alpha value is -2.99. The van der Waals surface area contributed by atoms with E-state index < -0.39 is 18.2 Å². The van der Waals surface area contributed by atoms with Crippen LogP contribution in [0.4, 0.5) is 23.2 Å². The van der Waals surface area contributed by atoms with Crippen LogP contribution in [-0.4, -0.2) is 58.6 Å². The lowest BCUT2D eigenvalue weighted by molar-refractivity contribution is -0.169. The Labute approximate surface area is 299 Å². The van der Waals surface area contributed by atoms with Crippen molar-refractivity contribution in [1.82, 2.24) is 4.90 Å². The zero-order valence-electron chi connectivity index (χ0n) is 27.6. The van der Waals surface area contributed by atoms with Crippen molar-refractivity contribution in [2.75, 3.05) is 17.5 Å². The number of nitrogens with zero attached hydrogens (tertiary/aromatic N) is 2. The standard InChI is InChI=1S/C26H28ClFN2O4S.C6H5Cl.C2H3F3.C2H6/c27-18-9-7-17(8-10-18)23-15-34-24(13-25(31)32)26(33)30(23)22(16-5-6-16)14-29(35-19-11-12-19)21-4-2-1-3-20(21)28;7-6-4-2-1-3-5-6;1-2(3,4)5;1-2/h1-4,7-10,16,19,22-24H,5-6,11-15H2,(H,31,32);1-5H;1H3;1-2H3. The number of para-hydroxylation sites is 1. The minimum Gasteiger partial charge on any atom is -0.481 e. The van der Waals surface area contributed by atoms with Gasteiger partial charge >= 0.3 is 12.1 Å². The molecule has 6 nitrogen and oxygen atoms in total. The van der Waals surface area contributed by atoms with Crippen LogP contribution in [0.3, 0.4) is 0 Å². The molecule has 13 heteroatoms. The summed E-state index contributed by atoms with van der Waals surface area (Å²) in [6, 6.07) is 22.9. The van der Waals surface area contributed by atoms with Crippen LogP contribution in [0.2, 0.25) is 10.0 Å². The summed E-state index contributed by atoms with van der Waals surface area (Å²) in [6.45, 7) is 4.85. The van der Waals surface area contributed by atoms with Gasteiger partial charge in [-0.3, -0.25) is 9.59 Å². The first-order chi connectivity index (χ1) is 23.3. The van der Waals surface area contributed by atoms with E-state index in [2.05, 4.69) is 0 Å². The normalized spacial score (nSPS) is 19.2. The van der Waals surface area contributed by atoms with Gasteiger partial charge < -0.3 is 19.0 Å². The van der Waals surface area contributed by atoms with Gasteiger partial charge in [0.2, 0.25) is 0 Å². The van der Waals surface area contributed by atoms with Gasteiger partial charge in [-0.1, -0.05) is 79.5 Å². The number of hydrogen-bond donors (Lipinski definition) is 1. The molecule has 0 radical (unpaired) electrons. The van der Waals surface area contributed by atoms with E-state index in [1.807, 2.05) is 71.6 Å². The lowest BCUT2D eigenvalue weighted by Gasteiger charge is -2.45. The van der Waals surface area contributed by atoms with Crippen molar-refractivity contribution in [3.05, 3.63) is 100 Å². The number of rotatable bonds is 10. The van der Waals surface area contributed by atoms with E-state index >= 15 is 0 Å². The first-order valence-corrected chi connectivity index (χ1v) is 17.8. The van der Waals surface area contributed by atoms with Gasteiger partial charge in [0.05, 0.1) is 37.3 Å². The average Bonchev–Trinajstić information content (AvgIpc) is 3.98. The molecule has 2 saturated carbocycles. The number of carboxylic acids is 1. The number of morpholine rings is 1. The SMILES string of the molecule is CC.CC(F)(F)F.Clc1ccccc1.O=C(O)CC1OCC(c2ccc(Cl)cc2)N(C(CN(SC2CC2)c2ccccc2F)C2CC2)C1=O. The van der Waals surface area contributed by atoms with Crippen LogP contribution in [0.25, 0.3) is 0 Å². The van der Waals surface area contributed by atoms with E-state index in [0.717, 1.165) is 36.3 Å². The van der Waals surface area contributed by atoms with E-state index in [9.17, 15) is 32.3 Å². The molecule has 3 aromatic carbocycles. The predicted octanol–water partition coefficient (Wildman–Crippen LogP) is 10.3. The van der Waals surface area contributed by atoms with Gasteiger partial charge in [0.15, 0.2) is 0 Å². The second kappa shape index (κ2) is 19.4. The molecular weight excluding hydrogens is 703 g/mol. The lowest BCUT2D eigenvalue weighted by atomic mass is 9.97. The molecule has 1 saturated heterocycles. The third-order valence-electron chi connectivity index (χ3n) is 7.47. The topological polar surface area (TPSA) is 70.1 Å². The fourth-order valence-corrected chi connectivity index (χ4v) is 6.53. The highest BCUT2D eigenvalue weighted by Crippen LogP contribution is 2.45. The maximum absolute atomic E-state index is 14.8. The third-order valence-corrected chi connectivity index (χ3v) is 9.34. The second-order valence-electron chi connectivity index (χ2n) is 11.5. The van der Waals surface area contributed by atoms with Crippen LogP contribution in [-0.2, 0) is 14.3 Å². The molecular formula is C36H42Cl2F4N2O4S. The molecule has 3 aliphatic rings. The van der Waals surface area contributed by atoms with E-state index in [4.69, 9.17) is 27.9 Å². The van der Waals surface area contributed by atoms with Crippen molar-refractivity contribution in [2.45, 2.75) is 82.5 Å². The van der Waals surface area contributed by atoms with Gasteiger partial charge in [-0.05, 0) is 85.5 Å². The number of amides is 1. The maximum atomic E-state index is 14.8. The molecule has 49 heavy (non-hydrogen) atoms. The molecule has 3 aromatic rings. The van der Waals surface area contributed by atoms with E-state index in [1.165, 1.54) is 6.07 Å². The molecule has 1 heterocycles. The number of anilines is 1. The first kappa shape index (κ1) is 40.4. The largest absolute Gasteiger partial charge is 0.481 e. The molecule has 0 aromatic heterocycles. The number of ether oxygens (including phenoxy) is 1. The van der Waals surface area contributed by atoms with Gasteiger partial charge in [-0.2, -0.15) is 13.2 Å². The molecule has 2 aliphatic carbocycles. The zero-order chi connectivity index (χ0) is 36.1. The second-order valence-corrected chi connectivity index (χ2v) is 13.7. The minimum atomic E-state index is -4.00. The molecule has 3 fully saturated rings. The van der Waals surface area contributed by atoms with E-state index in [0.29, 0.717) is 22.5 Å². The molecule has 0 bridgehead atoms. The Morgan fingerprint density at radius 3 is 2.00 bits per heavy atom. The summed E-state index contributed by atoms with van der Waals surface area (Å²) in [7, 11) is 0. The van der Waals surface area contributed by atoms with Crippen LogP contribution in [0, 0.1) is 11.7 Å². The molecule has 3 atom stereocenters. The molecule has 1 amide bonds. The van der Waals surface area contributed by atoms with E-state index in [1.54, 1.807) is 36.2 Å². The van der Waals surface area contributed by atoms with Gasteiger partial charge in [-0.15, -0.1) is 0 Å². The lowest BCUT2D eigenvalue weighted by Crippen LogP contribution is -2.57. The zero-order valence-corrected chi connectivity index (χ0v) is 29.9. The summed E-state index contributed by atoms with van der Waals surface area (Å²) in [5, 5.41) is 11.2. The van der Waals surface area contributed by atoms with Crippen LogP contribution < -0.4 is 4.31 Å². The van der Waals surface area contributed by atoms with Crippen LogP contribution in [0.5, 0.6) is 0 Å². The Kier molecular flexibility index (Phi) is 16.0. The minimum absolute atomic E-state index is 0.188. The highest BCUT2D eigenvalue weighted by molar-refractivity contribution is 8.01. The van der Waals surface area contributed by atoms with Crippen molar-refractivity contribution >= 4 is 52.7 Å². The highest BCUT2D eigenvalue weighted by atomic mass is 35.5. The van der Waals surface area contributed by atoms with Crippen LogP contribution in [0.1, 0.15) is 64.5 Å². The fraction of sp³-hybridized carbons (Fsp3) is 0.444. The van der Waals surface area contributed by atoms with Crippen molar-refractivity contribution in [1.29, 1.82) is 0 Å². The fourth-order valence-electron chi connectivity index (χ4n) is 5.06. The molecule has 3 unspecified atom stereocenters. The number of carbonyl (C=O) groups is 2.